The van der Waals surface area contributed by atoms with Crippen LogP contribution in [0.2, 0.25) is 0 Å². The van der Waals surface area contributed by atoms with Crippen LogP contribution in [0.3, 0.4) is 0 Å². The summed E-state index contributed by atoms with van der Waals surface area (Å²) >= 11 is 0. The zero-order valence-corrected chi connectivity index (χ0v) is 21.5. The number of para-hydroxylation sites is 1. The second kappa shape index (κ2) is 8.72. The van der Waals surface area contributed by atoms with E-state index in [1.165, 1.54) is 9.80 Å². The number of rotatable bonds is 3. The van der Waals surface area contributed by atoms with Crippen molar-refractivity contribution in [3.05, 3.63) is 72.3 Å². The first-order valence-electron chi connectivity index (χ1n) is 13.3. The average Bonchev–Trinajstić information content (AvgIpc) is 3.51. The molecule has 1 N–H and O–H groups in total. The second-order valence-corrected chi connectivity index (χ2v) is 10.7. The summed E-state index contributed by atoms with van der Waals surface area (Å²) in [6.07, 6.45) is 0. The number of anilines is 2. The minimum absolute atomic E-state index is 0.139. The number of hydrogen-bond donors (Lipinski definition) is 1. The highest BCUT2D eigenvalue weighted by atomic mass is 16.5. The monoisotopic (exact) mass is 524 g/mol. The van der Waals surface area contributed by atoms with Gasteiger partial charge in [-0.3, -0.25) is 24.5 Å². The van der Waals surface area contributed by atoms with Crippen molar-refractivity contribution in [1.82, 2.24) is 10.2 Å². The molecule has 7 rings (SSSR count). The Hall–Kier alpha value is -4.08. The Morgan fingerprint density at radius 3 is 2.44 bits per heavy atom. The molecule has 0 aliphatic carbocycles. The summed E-state index contributed by atoms with van der Waals surface area (Å²) in [6, 6.07) is 20.0. The van der Waals surface area contributed by atoms with Crippen molar-refractivity contribution in [2.24, 2.45) is 11.8 Å². The first kappa shape index (κ1) is 24.0. The van der Waals surface area contributed by atoms with Crippen LogP contribution in [0.1, 0.15) is 12.5 Å². The van der Waals surface area contributed by atoms with E-state index in [2.05, 4.69) is 5.32 Å². The smallest absolute Gasteiger partial charge is 0.253 e. The summed E-state index contributed by atoms with van der Waals surface area (Å²) in [4.78, 5) is 60.3. The minimum Gasteiger partial charge on any atom is -0.378 e. The van der Waals surface area contributed by atoms with Crippen LogP contribution < -0.4 is 15.1 Å². The largest absolute Gasteiger partial charge is 0.378 e. The third kappa shape index (κ3) is 3.26. The van der Waals surface area contributed by atoms with Crippen LogP contribution in [0.25, 0.3) is 10.8 Å². The molecule has 0 saturated carbocycles. The summed E-state index contributed by atoms with van der Waals surface area (Å²) in [7, 11) is 0. The molecule has 4 amide bonds. The lowest BCUT2D eigenvalue weighted by molar-refractivity contribution is -0.136. The van der Waals surface area contributed by atoms with Crippen LogP contribution in [-0.4, -0.2) is 67.4 Å². The van der Waals surface area contributed by atoms with Crippen LogP contribution >= 0.6 is 0 Å². The fourth-order valence-electron chi connectivity index (χ4n) is 6.95. The third-order valence-corrected chi connectivity index (χ3v) is 8.68. The van der Waals surface area contributed by atoms with Gasteiger partial charge in [0.2, 0.25) is 17.7 Å². The van der Waals surface area contributed by atoms with Gasteiger partial charge in [0.15, 0.2) is 0 Å². The van der Waals surface area contributed by atoms with E-state index in [1.54, 1.807) is 17.0 Å². The maximum atomic E-state index is 14.4. The SMILES string of the molecule is C[C@@H]1N[C@]2(C(=O)N(CC(=O)N3CCOCC3)c3ccccc32)[C@H]2C(=O)N(c3cccc4ccccc34)C(=O)[C@@H]12. The van der Waals surface area contributed by atoms with E-state index in [1.807, 2.05) is 61.5 Å². The van der Waals surface area contributed by atoms with Crippen molar-refractivity contribution in [3.63, 3.8) is 0 Å². The van der Waals surface area contributed by atoms with Crippen LogP contribution in [0, 0.1) is 11.8 Å². The summed E-state index contributed by atoms with van der Waals surface area (Å²) in [5, 5.41) is 5.10. The van der Waals surface area contributed by atoms with E-state index in [0.29, 0.717) is 43.2 Å². The molecule has 4 heterocycles. The van der Waals surface area contributed by atoms with Gasteiger partial charge in [-0.1, -0.05) is 54.6 Å². The summed E-state index contributed by atoms with van der Waals surface area (Å²) in [6.45, 7) is 3.58. The van der Waals surface area contributed by atoms with E-state index in [0.717, 1.165) is 10.8 Å². The number of morpholine rings is 1. The number of benzene rings is 3. The van der Waals surface area contributed by atoms with Crippen LogP contribution in [-0.2, 0) is 29.5 Å². The fraction of sp³-hybridized carbons (Fsp3) is 0.333. The molecule has 0 unspecified atom stereocenters. The molecule has 1 spiro atoms. The normalized spacial score (nSPS) is 28.1. The minimum atomic E-state index is -1.43. The molecule has 3 aromatic carbocycles. The first-order chi connectivity index (χ1) is 18.9. The predicted octanol–water partition coefficient (Wildman–Crippen LogP) is 2.04. The molecule has 9 heteroatoms. The number of carbonyl (C=O) groups excluding carboxylic acids is 4. The Kier molecular flexibility index (Phi) is 5.37. The Morgan fingerprint density at radius 2 is 1.62 bits per heavy atom. The van der Waals surface area contributed by atoms with Gasteiger partial charge >= 0.3 is 0 Å². The van der Waals surface area contributed by atoms with Gasteiger partial charge in [0.05, 0.1) is 30.7 Å². The Labute approximate surface area is 225 Å². The molecular formula is C30H28N4O5. The van der Waals surface area contributed by atoms with Crippen molar-refractivity contribution < 1.29 is 23.9 Å². The maximum absolute atomic E-state index is 14.4. The molecule has 4 atom stereocenters. The van der Waals surface area contributed by atoms with Gasteiger partial charge in [0.25, 0.3) is 5.91 Å². The summed E-state index contributed by atoms with van der Waals surface area (Å²) in [5.41, 5.74) is 0.314. The number of nitrogens with one attached hydrogen (secondary N) is 1. The molecule has 3 saturated heterocycles. The van der Waals surface area contributed by atoms with Gasteiger partial charge in [-0.2, -0.15) is 0 Å². The third-order valence-electron chi connectivity index (χ3n) is 8.68. The van der Waals surface area contributed by atoms with Crippen LogP contribution in [0.15, 0.2) is 66.7 Å². The zero-order chi connectivity index (χ0) is 26.9. The number of ether oxygens (including phenoxy) is 1. The standard InChI is InChI=1S/C30H28N4O5/c1-18-25-26(28(37)34(27(25)36)22-12-6-8-19-7-2-3-9-20(19)22)30(31-18)21-10-4-5-11-23(21)33(29(30)38)17-24(35)32-13-15-39-16-14-32/h2-12,18,25-26,31H,13-17H2,1H3/t18-,25-,26+,30-/m0/s1. The number of imide groups is 1. The first-order valence-corrected chi connectivity index (χ1v) is 13.3. The number of carbonyl (C=O) groups is 4. The number of hydrogen-bond acceptors (Lipinski definition) is 6. The highest BCUT2D eigenvalue weighted by Gasteiger charge is 2.71. The molecular weight excluding hydrogens is 496 g/mol. The van der Waals surface area contributed by atoms with E-state index in [-0.39, 0.29) is 24.3 Å². The van der Waals surface area contributed by atoms with Gasteiger partial charge in [0, 0.05) is 35.8 Å². The average molecular weight is 525 g/mol. The molecule has 4 aliphatic rings. The van der Waals surface area contributed by atoms with Crippen LogP contribution in [0.4, 0.5) is 11.4 Å². The quantitative estimate of drug-likeness (QED) is 0.527. The molecule has 0 radical (unpaired) electrons. The zero-order valence-electron chi connectivity index (χ0n) is 21.5. The topological polar surface area (TPSA) is 99.3 Å². The van der Waals surface area contributed by atoms with Crippen molar-refractivity contribution in [3.8, 4) is 0 Å². The van der Waals surface area contributed by atoms with Crippen LogP contribution in [0.5, 0.6) is 0 Å². The highest BCUT2D eigenvalue weighted by molar-refractivity contribution is 6.28. The molecule has 3 aromatic rings. The summed E-state index contributed by atoms with van der Waals surface area (Å²) in [5.74, 6) is -2.91. The molecule has 39 heavy (non-hydrogen) atoms. The van der Waals surface area contributed by atoms with Gasteiger partial charge in [-0.05, 0) is 24.4 Å². The molecule has 9 nitrogen and oxygen atoms in total. The van der Waals surface area contributed by atoms with Gasteiger partial charge in [-0.15, -0.1) is 0 Å². The lowest BCUT2D eigenvalue weighted by Gasteiger charge is -2.31. The van der Waals surface area contributed by atoms with Crippen molar-refractivity contribution in [2.75, 3.05) is 42.6 Å². The molecule has 198 valence electrons. The van der Waals surface area contributed by atoms with Gasteiger partial charge in [0.1, 0.15) is 12.1 Å². The lowest BCUT2D eigenvalue weighted by Crippen LogP contribution is -2.56. The Bertz CT molecular complexity index is 1540. The lowest BCUT2D eigenvalue weighted by atomic mass is 9.76. The molecule has 0 aromatic heterocycles. The summed E-state index contributed by atoms with van der Waals surface area (Å²) < 4.78 is 5.37. The fourth-order valence-corrected chi connectivity index (χ4v) is 6.95. The van der Waals surface area contributed by atoms with Crippen molar-refractivity contribution in [1.29, 1.82) is 0 Å². The van der Waals surface area contributed by atoms with Gasteiger partial charge in [-0.25, -0.2) is 4.90 Å². The number of fused-ring (bicyclic) bond motifs is 5. The second-order valence-electron chi connectivity index (χ2n) is 10.7. The van der Waals surface area contributed by atoms with E-state index in [9.17, 15) is 19.2 Å². The molecule has 3 fully saturated rings. The van der Waals surface area contributed by atoms with E-state index >= 15 is 0 Å². The Balaban J connectivity index is 1.31. The highest BCUT2D eigenvalue weighted by Crippen LogP contribution is 2.55. The predicted molar refractivity (Wildman–Crippen MR) is 144 cm³/mol. The molecule has 0 bridgehead atoms. The number of nitrogens with zero attached hydrogens (tertiary/aromatic N) is 3. The van der Waals surface area contributed by atoms with E-state index < -0.39 is 29.3 Å². The van der Waals surface area contributed by atoms with Gasteiger partial charge < -0.3 is 14.5 Å². The Morgan fingerprint density at radius 1 is 0.923 bits per heavy atom. The van der Waals surface area contributed by atoms with Crippen molar-refractivity contribution in [2.45, 2.75) is 18.5 Å². The number of amides is 4. The van der Waals surface area contributed by atoms with E-state index in [4.69, 9.17) is 4.74 Å². The molecule has 4 aliphatic heterocycles. The maximum Gasteiger partial charge on any atom is 0.253 e. The van der Waals surface area contributed by atoms with Crippen molar-refractivity contribution >= 4 is 45.8 Å².